The van der Waals surface area contributed by atoms with E-state index in [1.54, 1.807) is 43.6 Å². The molecular weight excluding hydrogens is 400 g/mol. The summed E-state index contributed by atoms with van der Waals surface area (Å²) < 4.78 is 17.0. The first-order valence-corrected chi connectivity index (χ1v) is 9.12. The van der Waals surface area contributed by atoms with Crippen molar-refractivity contribution in [2.24, 2.45) is 0 Å². The van der Waals surface area contributed by atoms with Crippen LogP contribution in [0.15, 0.2) is 55.3 Å². The highest BCUT2D eigenvalue weighted by Crippen LogP contribution is 2.39. The molecule has 0 saturated heterocycles. The number of pyridine rings is 1. The minimum atomic E-state index is 0.0906. The van der Waals surface area contributed by atoms with Crippen LogP contribution in [0.3, 0.4) is 0 Å². The van der Waals surface area contributed by atoms with Crippen molar-refractivity contribution >= 4 is 5.82 Å². The van der Waals surface area contributed by atoms with Gasteiger partial charge in [-0.25, -0.2) is 4.98 Å². The number of benzene rings is 1. The number of tetrazole rings is 1. The molecule has 3 heterocycles. The van der Waals surface area contributed by atoms with Crippen LogP contribution < -0.4 is 19.9 Å². The second kappa shape index (κ2) is 8.86. The molecule has 0 unspecified atom stereocenters. The van der Waals surface area contributed by atoms with Crippen LogP contribution in [0, 0.1) is 0 Å². The van der Waals surface area contributed by atoms with Crippen molar-refractivity contribution in [3.05, 3.63) is 55.3 Å². The van der Waals surface area contributed by atoms with Crippen LogP contribution in [0.4, 0.5) is 5.82 Å². The molecule has 4 aromatic rings. The molecule has 3 N–H and O–H groups in total. The number of hydrogen-bond donors (Lipinski definition) is 2. The molecule has 156 valence electrons. The van der Waals surface area contributed by atoms with E-state index in [-0.39, 0.29) is 24.1 Å². The van der Waals surface area contributed by atoms with Gasteiger partial charge in [-0.15, -0.1) is 10.2 Å². The number of aromatic nitrogens is 7. The monoisotopic (exact) mass is 418 g/mol. The molecule has 11 heteroatoms. The summed E-state index contributed by atoms with van der Waals surface area (Å²) in [5, 5.41) is 13.8. The van der Waals surface area contributed by atoms with E-state index in [0.717, 1.165) is 0 Å². The Labute approximate surface area is 176 Å². The number of nitrogen functional groups attached to an aromatic ring is 1. The second-order valence-electron chi connectivity index (χ2n) is 6.08. The lowest BCUT2D eigenvalue weighted by atomic mass is 10.2. The average Bonchev–Trinajstić information content (AvgIpc) is 3.35. The third-order valence-electron chi connectivity index (χ3n) is 4.07. The molecule has 0 aliphatic carbocycles. The van der Waals surface area contributed by atoms with Gasteiger partial charge in [0.15, 0.2) is 23.1 Å². The molecule has 0 spiro atoms. The van der Waals surface area contributed by atoms with E-state index in [2.05, 4.69) is 42.2 Å². The number of hydrogen-bond acceptors (Lipinski definition) is 10. The van der Waals surface area contributed by atoms with Gasteiger partial charge in [-0.2, -0.15) is 10.2 Å². The fourth-order valence-electron chi connectivity index (χ4n) is 2.68. The Morgan fingerprint density at radius 1 is 1.13 bits per heavy atom. The molecule has 0 amide bonds. The summed E-state index contributed by atoms with van der Waals surface area (Å²) in [4.78, 5) is 13.1. The summed E-state index contributed by atoms with van der Waals surface area (Å²) in [6.07, 6.45) is 3.18. The fourth-order valence-corrected chi connectivity index (χ4v) is 2.68. The first-order chi connectivity index (χ1) is 15.2. The van der Waals surface area contributed by atoms with Crippen molar-refractivity contribution in [2.45, 2.75) is 0 Å². The van der Waals surface area contributed by atoms with Crippen LogP contribution >= 0.6 is 0 Å². The number of H-pyrrole nitrogens is 1. The molecule has 11 nitrogen and oxygen atoms in total. The highest BCUT2D eigenvalue weighted by atomic mass is 16.5. The second-order valence-corrected chi connectivity index (χ2v) is 6.08. The van der Waals surface area contributed by atoms with E-state index in [0.29, 0.717) is 34.4 Å². The summed E-state index contributed by atoms with van der Waals surface area (Å²) in [7, 11) is 1.55. The number of methoxy groups -OCH3 is 1. The molecule has 0 saturated carbocycles. The van der Waals surface area contributed by atoms with Crippen molar-refractivity contribution in [1.82, 2.24) is 35.6 Å². The van der Waals surface area contributed by atoms with Crippen LogP contribution in [0.1, 0.15) is 0 Å². The van der Waals surface area contributed by atoms with Gasteiger partial charge in [-0.05, 0) is 29.5 Å². The Kier molecular flexibility index (Phi) is 5.65. The number of para-hydroxylation sites is 2. The molecule has 0 fully saturated rings. The number of nitrogens with zero attached hydrogens (tertiary/aromatic N) is 6. The van der Waals surface area contributed by atoms with Crippen LogP contribution in [-0.2, 0) is 0 Å². The minimum absolute atomic E-state index is 0.0906. The molecule has 0 atom stereocenters. The van der Waals surface area contributed by atoms with Gasteiger partial charge in [0.2, 0.25) is 11.6 Å². The van der Waals surface area contributed by atoms with Gasteiger partial charge in [-0.1, -0.05) is 24.8 Å². The molecule has 3 aromatic heterocycles. The number of ether oxygens (including phenoxy) is 3. The van der Waals surface area contributed by atoms with Crippen LogP contribution in [0.5, 0.6) is 23.1 Å². The summed E-state index contributed by atoms with van der Waals surface area (Å²) in [6, 6.07) is 10.6. The van der Waals surface area contributed by atoms with Gasteiger partial charge < -0.3 is 19.9 Å². The smallest absolute Gasteiger partial charge is 0.264 e. The normalized spacial score (nSPS) is 10.5. The SMILES string of the molecule is C=CCOc1nc(-c2ccnc(-c3nn[nH]n3)c2)nc(N)c1Oc1ccccc1OC. The molecule has 0 radical (unpaired) electrons. The number of nitrogens with one attached hydrogen (secondary N) is 1. The quantitative estimate of drug-likeness (QED) is 0.409. The summed E-state index contributed by atoms with van der Waals surface area (Å²) in [5.41, 5.74) is 7.35. The van der Waals surface area contributed by atoms with Crippen molar-refractivity contribution in [3.8, 4) is 46.0 Å². The highest BCUT2D eigenvalue weighted by molar-refractivity contribution is 5.66. The van der Waals surface area contributed by atoms with Crippen molar-refractivity contribution in [1.29, 1.82) is 0 Å². The fraction of sp³-hybridized carbons (Fsp3) is 0.100. The molecule has 0 aliphatic rings. The Hall–Kier alpha value is -4.54. The van der Waals surface area contributed by atoms with Gasteiger partial charge in [0.1, 0.15) is 12.3 Å². The largest absolute Gasteiger partial charge is 0.493 e. The van der Waals surface area contributed by atoms with E-state index in [4.69, 9.17) is 19.9 Å². The maximum Gasteiger partial charge on any atom is 0.264 e. The lowest BCUT2D eigenvalue weighted by Crippen LogP contribution is -2.06. The number of aromatic amines is 1. The molecule has 0 aliphatic heterocycles. The zero-order valence-electron chi connectivity index (χ0n) is 16.5. The molecular formula is C20H18N8O3. The first-order valence-electron chi connectivity index (χ1n) is 9.12. The summed E-state index contributed by atoms with van der Waals surface area (Å²) >= 11 is 0. The van der Waals surface area contributed by atoms with E-state index >= 15 is 0 Å². The van der Waals surface area contributed by atoms with Crippen LogP contribution in [0.2, 0.25) is 0 Å². The van der Waals surface area contributed by atoms with Gasteiger partial charge in [-0.3, -0.25) is 4.98 Å². The zero-order valence-corrected chi connectivity index (χ0v) is 16.5. The Balaban J connectivity index is 1.75. The Bertz CT molecular complexity index is 1200. The van der Waals surface area contributed by atoms with E-state index in [1.807, 2.05) is 12.1 Å². The van der Waals surface area contributed by atoms with Crippen molar-refractivity contribution in [3.63, 3.8) is 0 Å². The van der Waals surface area contributed by atoms with E-state index in [1.165, 1.54) is 0 Å². The van der Waals surface area contributed by atoms with Crippen LogP contribution in [0.25, 0.3) is 22.9 Å². The highest BCUT2D eigenvalue weighted by Gasteiger charge is 2.19. The molecule has 4 rings (SSSR count). The van der Waals surface area contributed by atoms with E-state index in [9.17, 15) is 0 Å². The van der Waals surface area contributed by atoms with Gasteiger partial charge in [0.25, 0.3) is 5.88 Å². The number of anilines is 1. The lowest BCUT2D eigenvalue weighted by molar-refractivity contribution is 0.320. The molecule has 0 bridgehead atoms. The van der Waals surface area contributed by atoms with Crippen molar-refractivity contribution in [2.75, 3.05) is 19.5 Å². The zero-order chi connectivity index (χ0) is 21.6. The topological polar surface area (TPSA) is 147 Å². The Morgan fingerprint density at radius 3 is 2.71 bits per heavy atom. The summed E-state index contributed by atoms with van der Waals surface area (Å²) in [5.74, 6) is 2.05. The lowest BCUT2D eigenvalue weighted by Gasteiger charge is -2.15. The standard InChI is InChI=1S/C20H18N8O3/c1-3-10-30-20-16(31-15-7-5-4-6-14(15)29-2)17(21)23-18(24-20)12-8-9-22-13(11-12)19-25-27-28-26-19/h3-9,11H,1,10H2,2H3,(H2,21,23,24)(H,25,26,27,28). The number of rotatable bonds is 8. The Morgan fingerprint density at radius 2 is 1.97 bits per heavy atom. The first kappa shape index (κ1) is 19.8. The predicted molar refractivity (Wildman–Crippen MR) is 112 cm³/mol. The maximum absolute atomic E-state index is 6.23. The molecule has 31 heavy (non-hydrogen) atoms. The van der Waals surface area contributed by atoms with Crippen molar-refractivity contribution < 1.29 is 14.2 Å². The summed E-state index contributed by atoms with van der Waals surface area (Å²) in [6.45, 7) is 3.87. The van der Waals surface area contributed by atoms with E-state index < -0.39 is 0 Å². The van der Waals surface area contributed by atoms with Crippen LogP contribution in [-0.4, -0.2) is 49.3 Å². The maximum atomic E-state index is 6.23. The third-order valence-corrected chi connectivity index (χ3v) is 4.07. The molecule has 1 aromatic carbocycles. The third kappa shape index (κ3) is 4.24. The van der Waals surface area contributed by atoms with Gasteiger partial charge in [0.05, 0.1) is 7.11 Å². The number of nitrogens with two attached hydrogens (primary N) is 1. The minimum Gasteiger partial charge on any atom is -0.493 e. The van der Waals surface area contributed by atoms with Gasteiger partial charge in [0, 0.05) is 11.8 Å². The average molecular weight is 418 g/mol. The van der Waals surface area contributed by atoms with Gasteiger partial charge >= 0.3 is 0 Å². The predicted octanol–water partition coefficient (Wildman–Crippen LogP) is 2.67.